The third-order valence-corrected chi connectivity index (χ3v) is 13.8. The van der Waals surface area contributed by atoms with Crippen LogP contribution in [0.25, 0.3) is 0 Å². The molecule has 0 aromatic carbocycles. The molecule has 0 saturated carbocycles. The van der Waals surface area contributed by atoms with Gasteiger partial charge in [-0.25, -0.2) is 0 Å². The Morgan fingerprint density at radius 1 is 0.296 bits per heavy atom. The van der Waals surface area contributed by atoms with Crippen LogP contribution < -0.4 is 0 Å². The van der Waals surface area contributed by atoms with Gasteiger partial charge < -0.3 is 14.2 Å². The Morgan fingerprint density at radius 3 is 0.873 bits per heavy atom. The summed E-state index contributed by atoms with van der Waals surface area (Å²) in [6.45, 7) is 6.57. The van der Waals surface area contributed by atoms with Gasteiger partial charge in [-0.05, 0) is 77.0 Å². The van der Waals surface area contributed by atoms with Gasteiger partial charge in [0.15, 0.2) is 6.10 Å². The van der Waals surface area contributed by atoms with Gasteiger partial charge in [0.1, 0.15) is 13.2 Å². The summed E-state index contributed by atoms with van der Waals surface area (Å²) in [6, 6.07) is 0. The van der Waals surface area contributed by atoms with E-state index in [-0.39, 0.29) is 31.1 Å². The number of carbonyl (C=O) groups excluding carboxylic acids is 3. The molecule has 0 aliphatic rings. The van der Waals surface area contributed by atoms with Crippen LogP contribution in [0.1, 0.15) is 329 Å². The molecule has 0 aliphatic heterocycles. The molecular formula is C65H118O6. The number of carbonyl (C=O) groups is 3. The minimum atomic E-state index is -0.779. The Hall–Kier alpha value is -2.63. The van der Waals surface area contributed by atoms with Crippen LogP contribution in [0.15, 0.2) is 48.6 Å². The van der Waals surface area contributed by atoms with Crippen LogP contribution in [0.3, 0.4) is 0 Å². The Balaban J connectivity index is 4.35. The van der Waals surface area contributed by atoms with Crippen molar-refractivity contribution in [3.05, 3.63) is 48.6 Å². The predicted molar refractivity (Wildman–Crippen MR) is 307 cm³/mol. The number of ether oxygens (including phenoxy) is 3. The first-order chi connectivity index (χ1) is 35.0. The molecule has 1 atom stereocenters. The van der Waals surface area contributed by atoms with E-state index in [4.69, 9.17) is 14.2 Å². The topological polar surface area (TPSA) is 78.9 Å². The van der Waals surface area contributed by atoms with Gasteiger partial charge in [-0.15, -0.1) is 0 Å². The average molecular weight is 996 g/mol. The zero-order chi connectivity index (χ0) is 51.4. The van der Waals surface area contributed by atoms with Crippen molar-refractivity contribution in [3.63, 3.8) is 0 Å². The van der Waals surface area contributed by atoms with Crippen molar-refractivity contribution < 1.29 is 28.6 Å². The summed E-state index contributed by atoms with van der Waals surface area (Å²) in [5.74, 6) is -0.873. The van der Waals surface area contributed by atoms with E-state index in [0.29, 0.717) is 19.3 Å². The molecule has 0 rings (SSSR count). The summed E-state index contributed by atoms with van der Waals surface area (Å²) in [7, 11) is 0. The first-order valence-corrected chi connectivity index (χ1v) is 31.1. The van der Waals surface area contributed by atoms with Crippen molar-refractivity contribution >= 4 is 17.9 Å². The molecule has 0 spiro atoms. The number of esters is 3. The van der Waals surface area contributed by atoms with Gasteiger partial charge >= 0.3 is 17.9 Å². The highest BCUT2D eigenvalue weighted by atomic mass is 16.6. The van der Waals surface area contributed by atoms with Crippen LogP contribution in [-0.4, -0.2) is 37.2 Å². The zero-order valence-corrected chi connectivity index (χ0v) is 47.5. The van der Waals surface area contributed by atoms with Crippen molar-refractivity contribution in [1.82, 2.24) is 0 Å². The number of unbranched alkanes of at least 4 members (excludes halogenated alkanes) is 38. The first kappa shape index (κ1) is 68.4. The van der Waals surface area contributed by atoms with Gasteiger partial charge in [0.25, 0.3) is 0 Å². The predicted octanol–water partition coefficient (Wildman–Crippen LogP) is 21.0. The van der Waals surface area contributed by atoms with E-state index in [1.165, 1.54) is 205 Å². The molecule has 0 N–H and O–H groups in total. The van der Waals surface area contributed by atoms with E-state index >= 15 is 0 Å². The fraction of sp³-hybridized carbons (Fsp3) is 0.831. The summed E-state index contributed by atoms with van der Waals surface area (Å²) in [6.07, 6.45) is 73.9. The number of allylic oxidation sites excluding steroid dienone is 8. The molecule has 0 amide bonds. The molecule has 6 nitrogen and oxygen atoms in total. The molecular weight excluding hydrogens is 877 g/mol. The summed E-state index contributed by atoms with van der Waals surface area (Å²) in [5, 5.41) is 0. The number of hydrogen-bond donors (Lipinski definition) is 0. The van der Waals surface area contributed by atoms with Crippen LogP contribution in [0.2, 0.25) is 0 Å². The van der Waals surface area contributed by atoms with Crippen molar-refractivity contribution in [2.45, 2.75) is 335 Å². The normalized spacial score (nSPS) is 12.3. The van der Waals surface area contributed by atoms with Crippen molar-refractivity contribution in [2.24, 2.45) is 0 Å². The van der Waals surface area contributed by atoms with E-state index in [1.807, 2.05) is 0 Å². The molecule has 0 aromatic rings. The van der Waals surface area contributed by atoms with Crippen molar-refractivity contribution in [2.75, 3.05) is 13.2 Å². The number of rotatable bonds is 57. The van der Waals surface area contributed by atoms with Gasteiger partial charge in [-0.1, -0.05) is 281 Å². The highest BCUT2D eigenvalue weighted by Gasteiger charge is 2.19. The summed E-state index contributed by atoms with van der Waals surface area (Å²) >= 11 is 0. The molecule has 0 fully saturated rings. The second-order valence-electron chi connectivity index (χ2n) is 20.9. The quantitative estimate of drug-likeness (QED) is 0.0261. The molecule has 1 unspecified atom stereocenters. The van der Waals surface area contributed by atoms with Crippen LogP contribution in [0.4, 0.5) is 0 Å². The minimum Gasteiger partial charge on any atom is -0.462 e. The van der Waals surface area contributed by atoms with Crippen molar-refractivity contribution in [3.8, 4) is 0 Å². The lowest BCUT2D eigenvalue weighted by atomic mass is 10.0. The summed E-state index contributed by atoms with van der Waals surface area (Å²) < 4.78 is 16.9. The Labute approximate surface area is 441 Å². The molecule has 414 valence electrons. The van der Waals surface area contributed by atoms with Crippen LogP contribution >= 0.6 is 0 Å². The van der Waals surface area contributed by atoms with Crippen molar-refractivity contribution in [1.29, 1.82) is 0 Å². The van der Waals surface area contributed by atoms with Gasteiger partial charge in [-0.3, -0.25) is 14.4 Å². The van der Waals surface area contributed by atoms with Gasteiger partial charge in [0.05, 0.1) is 0 Å². The lowest BCUT2D eigenvalue weighted by Gasteiger charge is -2.18. The maximum Gasteiger partial charge on any atom is 0.306 e. The lowest BCUT2D eigenvalue weighted by Crippen LogP contribution is -2.30. The monoisotopic (exact) mass is 995 g/mol. The Bertz CT molecular complexity index is 1230. The highest BCUT2D eigenvalue weighted by Crippen LogP contribution is 2.17. The molecule has 0 saturated heterocycles. The summed E-state index contributed by atoms with van der Waals surface area (Å²) in [5.41, 5.74) is 0. The van der Waals surface area contributed by atoms with E-state index in [2.05, 4.69) is 69.4 Å². The molecule has 0 radical (unpaired) electrons. The molecule has 71 heavy (non-hydrogen) atoms. The highest BCUT2D eigenvalue weighted by molar-refractivity contribution is 5.71. The molecule has 0 aliphatic carbocycles. The fourth-order valence-electron chi connectivity index (χ4n) is 9.16. The largest absolute Gasteiger partial charge is 0.462 e. The van der Waals surface area contributed by atoms with E-state index in [9.17, 15) is 14.4 Å². The molecule has 6 heteroatoms. The average Bonchev–Trinajstić information content (AvgIpc) is 3.37. The maximum atomic E-state index is 12.9. The number of hydrogen-bond acceptors (Lipinski definition) is 6. The second-order valence-corrected chi connectivity index (χ2v) is 20.9. The Morgan fingerprint density at radius 2 is 0.549 bits per heavy atom. The second kappa shape index (κ2) is 59.9. The van der Waals surface area contributed by atoms with Crippen LogP contribution in [0.5, 0.6) is 0 Å². The molecule has 0 aromatic heterocycles. The smallest absolute Gasteiger partial charge is 0.306 e. The summed E-state index contributed by atoms with van der Waals surface area (Å²) in [4.78, 5) is 38.3. The Kier molecular flexibility index (Phi) is 57.7. The van der Waals surface area contributed by atoms with Crippen LogP contribution in [-0.2, 0) is 28.6 Å². The zero-order valence-electron chi connectivity index (χ0n) is 47.5. The first-order valence-electron chi connectivity index (χ1n) is 31.1. The fourth-order valence-corrected chi connectivity index (χ4v) is 9.16. The molecule has 0 heterocycles. The minimum absolute atomic E-state index is 0.0763. The van der Waals surface area contributed by atoms with Crippen LogP contribution in [0, 0.1) is 0 Å². The maximum absolute atomic E-state index is 12.9. The van der Waals surface area contributed by atoms with E-state index < -0.39 is 6.10 Å². The van der Waals surface area contributed by atoms with Gasteiger partial charge in [0.2, 0.25) is 0 Å². The third kappa shape index (κ3) is 58.1. The van der Waals surface area contributed by atoms with Gasteiger partial charge in [-0.2, -0.15) is 0 Å². The van der Waals surface area contributed by atoms with E-state index in [0.717, 1.165) is 83.5 Å². The van der Waals surface area contributed by atoms with Gasteiger partial charge in [0, 0.05) is 19.3 Å². The third-order valence-electron chi connectivity index (χ3n) is 13.8. The van der Waals surface area contributed by atoms with E-state index in [1.54, 1.807) is 0 Å². The molecule has 0 bridgehead atoms. The lowest BCUT2D eigenvalue weighted by molar-refractivity contribution is -0.167. The SMILES string of the molecule is CC/C=C\C/C=C\C/C=C\CCCCCCCCC(=O)OCC(COC(=O)CCCCCCCCC/C=C\CCCCCCCCCC)OC(=O)CCCCCCCCCCCCCCCCCCCC. The standard InChI is InChI=1S/C65H118O6/c1-4-7-10-13-16-19-22-25-28-31-33-35-37-40-43-46-49-52-55-58-64(67)70-61-62(60-69-63(66)57-54-51-48-45-42-39-36-30-27-24-21-18-15-12-9-6-3)71-65(68)59-56-53-50-47-44-41-38-34-32-29-26-23-20-17-14-11-8-5-2/h9,12,18,21,27,30-31,33,62H,4-8,10-11,13-17,19-20,22-26,28-29,32,34-61H2,1-3H3/b12-9-,21-18-,30-27-,33-31-.